The van der Waals surface area contributed by atoms with E-state index in [1.165, 1.54) is 135 Å². The van der Waals surface area contributed by atoms with Gasteiger partial charge < -0.3 is 50.5 Å². The number of aliphatic hydroxyl groups is 7. The van der Waals surface area contributed by atoms with Crippen molar-refractivity contribution in [3.8, 4) is 0 Å². The van der Waals surface area contributed by atoms with E-state index >= 15 is 0 Å². The lowest BCUT2D eigenvalue weighted by Gasteiger charge is -2.40. The molecule has 8 N–H and O–H groups in total. The van der Waals surface area contributed by atoms with Gasteiger partial charge >= 0.3 is 0 Å². The lowest BCUT2D eigenvalue weighted by Crippen LogP contribution is -2.60. The molecule has 0 aromatic rings. The molecule has 1 aliphatic heterocycles. The van der Waals surface area contributed by atoms with Crippen LogP contribution in [-0.2, 0) is 14.3 Å². The van der Waals surface area contributed by atoms with Crippen LogP contribution >= 0.6 is 0 Å². The zero-order valence-electron chi connectivity index (χ0n) is 35.9. The van der Waals surface area contributed by atoms with Crippen LogP contribution in [0.2, 0.25) is 0 Å². The molecule has 1 fully saturated rings. The van der Waals surface area contributed by atoms with Crippen molar-refractivity contribution in [1.29, 1.82) is 0 Å². The summed E-state index contributed by atoms with van der Waals surface area (Å²) in [5.41, 5.74) is 0. The number of carbonyl (C=O) groups is 1. The van der Waals surface area contributed by atoms with E-state index < -0.39 is 74.2 Å². The van der Waals surface area contributed by atoms with Crippen molar-refractivity contribution in [1.82, 2.24) is 5.32 Å². The van der Waals surface area contributed by atoms with E-state index in [9.17, 15) is 40.5 Å². The number of hydrogen-bond acceptors (Lipinski definition) is 10. The predicted molar refractivity (Wildman–Crippen MR) is 224 cm³/mol. The first kappa shape index (κ1) is 53.1. The Morgan fingerprint density at radius 3 is 1.32 bits per heavy atom. The third-order valence-corrected chi connectivity index (χ3v) is 11.7. The zero-order chi connectivity index (χ0) is 41.2. The molecule has 56 heavy (non-hydrogen) atoms. The molecule has 0 unspecified atom stereocenters. The minimum atomic E-state index is -1.66. The Kier molecular flexibility index (Phi) is 34.2. The lowest BCUT2D eigenvalue weighted by atomic mass is 9.98. The molecule has 11 nitrogen and oxygen atoms in total. The number of aliphatic hydroxyl groups excluding tert-OH is 7. The molecule has 0 aromatic carbocycles. The third kappa shape index (κ3) is 25.6. The fourth-order valence-electron chi connectivity index (χ4n) is 7.74. The maximum absolute atomic E-state index is 13.1. The fourth-order valence-corrected chi connectivity index (χ4v) is 7.74. The van der Waals surface area contributed by atoms with E-state index in [0.717, 1.165) is 38.5 Å². The van der Waals surface area contributed by atoms with Crippen LogP contribution in [0.4, 0.5) is 0 Å². The Labute approximate surface area is 341 Å². The second kappa shape index (κ2) is 36.0. The summed E-state index contributed by atoms with van der Waals surface area (Å²) >= 11 is 0. The number of carbonyl (C=O) groups excluding carboxylic acids is 1. The molecule has 0 radical (unpaired) electrons. The Bertz CT molecular complexity index is 882. The summed E-state index contributed by atoms with van der Waals surface area (Å²) in [5.74, 6) is -0.694. The van der Waals surface area contributed by atoms with Crippen LogP contribution < -0.4 is 5.32 Å². The number of unbranched alkanes of at least 4 members (excludes halogenated alkanes) is 27. The molecule has 0 aromatic heterocycles. The molecule has 9 atom stereocenters. The SMILES string of the molecule is CCCCCCCCCCCCCCCCCCC[C@@H](O)C(=O)N[C@@H](CO[C@H]1O[C@H](CO)[C@H](O)[C@H](O)[C@H]1O)[C@H](O)[C@H](O)CCCCCCCCCCCCCC. The minimum Gasteiger partial charge on any atom is -0.394 e. The van der Waals surface area contributed by atoms with Gasteiger partial charge in [0.05, 0.1) is 25.4 Å². The van der Waals surface area contributed by atoms with Crippen LogP contribution in [0.25, 0.3) is 0 Å². The summed E-state index contributed by atoms with van der Waals surface area (Å²) in [6.45, 7) is 3.44. The van der Waals surface area contributed by atoms with Gasteiger partial charge in [-0.25, -0.2) is 0 Å². The second-order valence-electron chi connectivity index (χ2n) is 16.8. The van der Waals surface area contributed by atoms with Gasteiger partial charge in [0, 0.05) is 0 Å². The van der Waals surface area contributed by atoms with Gasteiger partial charge in [0.15, 0.2) is 6.29 Å². The van der Waals surface area contributed by atoms with Crippen LogP contribution in [0, 0.1) is 0 Å². The normalized spacial score (nSPS) is 22.2. The van der Waals surface area contributed by atoms with Gasteiger partial charge in [0.2, 0.25) is 5.91 Å². The van der Waals surface area contributed by atoms with Gasteiger partial charge in [0.1, 0.15) is 36.6 Å². The van der Waals surface area contributed by atoms with Crippen molar-refractivity contribution in [3.63, 3.8) is 0 Å². The van der Waals surface area contributed by atoms with E-state index in [4.69, 9.17) is 9.47 Å². The highest BCUT2D eigenvalue weighted by atomic mass is 16.7. The van der Waals surface area contributed by atoms with Crippen molar-refractivity contribution in [2.45, 2.75) is 268 Å². The molecule has 1 rings (SSSR count). The van der Waals surface area contributed by atoms with Crippen LogP contribution in [0.15, 0.2) is 0 Å². The Balaban J connectivity index is 2.43. The molecule has 334 valence electrons. The average molecular weight is 804 g/mol. The average Bonchev–Trinajstić information content (AvgIpc) is 3.20. The first-order valence-electron chi connectivity index (χ1n) is 23.4. The molecule has 1 aliphatic rings. The molecular weight excluding hydrogens is 714 g/mol. The zero-order valence-corrected chi connectivity index (χ0v) is 35.9. The Morgan fingerprint density at radius 2 is 0.929 bits per heavy atom. The number of rotatable bonds is 39. The summed E-state index contributed by atoms with van der Waals surface area (Å²) in [7, 11) is 0. The summed E-state index contributed by atoms with van der Waals surface area (Å²) in [5, 5.41) is 75.6. The van der Waals surface area contributed by atoms with Gasteiger partial charge in [-0.05, 0) is 12.8 Å². The molecule has 11 heteroatoms. The van der Waals surface area contributed by atoms with Gasteiger partial charge in [0.25, 0.3) is 0 Å². The molecule has 0 aliphatic carbocycles. The Morgan fingerprint density at radius 1 is 0.554 bits per heavy atom. The van der Waals surface area contributed by atoms with Crippen molar-refractivity contribution in [2.24, 2.45) is 0 Å². The maximum atomic E-state index is 13.1. The number of amides is 1. The van der Waals surface area contributed by atoms with E-state index in [1.54, 1.807) is 0 Å². The van der Waals surface area contributed by atoms with Crippen molar-refractivity contribution in [2.75, 3.05) is 13.2 Å². The van der Waals surface area contributed by atoms with Crippen molar-refractivity contribution < 1.29 is 50.0 Å². The van der Waals surface area contributed by atoms with Crippen LogP contribution in [0.1, 0.15) is 213 Å². The van der Waals surface area contributed by atoms with E-state index in [2.05, 4.69) is 19.2 Å². The third-order valence-electron chi connectivity index (χ3n) is 11.7. The molecule has 0 bridgehead atoms. The van der Waals surface area contributed by atoms with Crippen LogP contribution in [0.3, 0.4) is 0 Å². The highest BCUT2D eigenvalue weighted by Gasteiger charge is 2.44. The first-order valence-corrected chi connectivity index (χ1v) is 23.4. The summed E-state index contributed by atoms with van der Waals surface area (Å²) < 4.78 is 11.1. The van der Waals surface area contributed by atoms with Gasteiger partial charge in [-0.15, -0.1) is 0 Å². The minimum absolute atomic E-state index is 0.266. The highest BCUT2D eigenvalue weighted by Crippen LogP contribution is 2.23. The van der Waals surface area contributed by atoms with Gasteiger partial charge in [-0.1, -0.05) is 200 Å². The molecule has 0 saturated carbocycles. The number of ether oxygens (including phenoxy) is 2. The Hall–Kier alpha value is -0.890. The first-order chi connectivity index (χ1) is 27.2. The van der Waals surface area contributed by atoms with E-state index in [1.807, 2.05) is 0 Å². The topological polar surface area (TPSA) is 189 Å². The molecule has 1 saturated heterocycles. The monoisotopic (exact) mass is 804 g/mol. The largest absolute Gasteiger partial charge is 0.394 e. The van der Waals surface area contributed by atoms with Gasteiger partial charge in [-0.2, -0.15) is 0 Å². The van der Waals surface area contributed by atoms with E-state index in [-0.39, 0.29) is 6.42 Å². The smallest absolute Gasteiger partial charge is 0.249 e. The second-order valence-corrected chi connectivity index (χ2v) is 16.8. The molecular formula is C45H89NO10. The lowest BCUT2D eigenvalue weighted by molar-refractivity contribution is -0.303. The van der Waals surface area contributed by atoms with Crippen molar-refractivity contribution in [3.05, 3.63) is 0 Å². The van der Waals surface area contributed by atoms with E-state index in [0.29, 0.717) is 19.3 Å². The number of hydrogen-bond donors (Lipinski definition) is 8. The highest BCUT2D eigenvalue weighted by molar-refractivity contribution is 5.80. The maximum Gasteiger partial charge on any atom is 0.249 e. The predicted octanol–water partition coefficient (Wildman–Crippen LogP) is 7.50. The quantitative estimate of drug-likeness (QED) is 0.0289. The fraction of sp³-hybridized carbons (Fsp3) is 0.978. The van der Waals surface area contributed by atoms with Crippen molar-refractivity contribution >= 4 is 5.91 Å². The molecule has 1 heterocycles. The standard InChI is InChI=1S/C45H89NO10/c1-3-5-7-9-11-13-15-17-18-19-20-21-23-25-27-29-31-33-38(49)44(54)46-36(35-55-45-43(53)42(52)41(51)39(34-47)56-45)40(50)37(48)32-30-28-26-24-22-16-14-12-10-8-6-4-2/h36-43,45,47-53H,3-35H2,1-2H3,(H,46,54)/t36-,37+,38+,39+,40-,41-,42-,43+,45-/m0/s1. The summed E-state index contributed by atoms with van der Waals surface area (Å²) in [6.07, 6.45) is 24.3. The summed E-state index contributed by atoms with van der Waals surface area (Å²) in [4.78, 5) is 13.1. The molecule has 1 amide bonds. The van der Waals surface area contributed by atoms with Crippen LogP contribution in [-0.4, -0.2) is 110 Å². The molecule has 0 spiro atoms. The van der Waals surface area contributed by atoms with Crippen LogP contribution in [0.5, 0.6) is 0 Å². The summed E-state index contributed by atoms with van der Waals surface area (Å²) in [6, 6.07) is -1.16. The number of nitrogens with one attached hydrogen (secondary N) is 1. The van der Waals surface area contributed by atoms with Gasteiger partial charge in [-0.3, -0.25) is 4.79 Å².